The van der Waals surface area contributed by atoms with E-state index in [4.69, 9.17) is 4.74 Å². The van der Waals surface area contributed by atoms with Gasteiger partial charge in [0.1, 0.15) is 23.2 Å². The van der Waals surface area contributed by atoms with E-state index in [-0.39, 0.29) is 24.8 Å². The summed E-state index contributed by atoms with van der Waals surface area (Å²) in [4.78, 5) is 43.5. The van der Waals surface area contributed by atoms with Gasteiger partial charge in [-0.1, -0.05) is 25.0 Å². The number of urea groups is 1. The lowest BCUT2D eigenvalue weighted by atomic mass is 9.98. The molecule has 1 aromatic carbocycles. The maximum absolute atomic E-state index is 12.8. The van der Waals surface area contributed by atoms with Crippen LogP contribution in [0.1, 0.15) is 49.5 Å². The second-order valence-electron chi connectivity index (χ2n) is 8.10. The Morgan fingerprint density at radius 1 is 1.26 bits per heavy atom. The lowest BCUT2D eigenvalue weighted by Crippen LogP contribution is -2.44. The normalized spacial score (nSPS) is 18.3. The molecule has 2 fully saturated rings. The molecule has 0 radical (unpaired) electrons. The summed E-state index contributed by atoms with van der Waals surface area (Å²) in [5.74, 6) is 0.918. The molecule has 2 aliphatic rings. The Bertz CT molecular complexity index is 978. The highest BCUT2D eigenvalue weighted by Gasteiger charge is 2.52. The van der Waals surface area contributed by atoms with Gasteiger partial charge in [-0.15, -0.1) is 0 Å². The van der Waals surface area contributed by atoms with Crippen LogP contribution in [-0.2, 0) is 16.6 Å². The molecule has 4 amide bonds. The summed E-state index contributed by atoms with van der Waals surface area (Å²) in [5, 5.41) is 5.84. The molecular formula is C22H27N5O4. The minimum Gasteiger partial charge on any atom is -0.497 e. The van der Waals surface area contributed by atoms with Crippen molar-refractivity contribution in [1.29, 1.82) is 0 Å². The van der Waals surface area contributed by atoms with E-state index >= 15 is 0 Å². The largest absolute Gasteiger partial charge is 0.497 e. The van der Waals surface area contributed by atoms with Crippen molar-refractivity contribution < 1.29 is 19.1 Å². The molecule has 1 atom stereocenters. The van der Waals surface area contributed by atoms with E-state index in [9.17, 15) is 14.4 Å². The van der Waals surface area contributed by atoms with Crippen LogP contribution in [0.4, 0.5) is 4.79 Å². The third-order valence-electron chi connectivity index (χ3n) is 6.14. The van der Waals surface area contributed by atoms with Gasteiger partial charge in [-0.3, -0.25) is 14.5 Å². The average molecular weight is 425 g/mol. The van der Waals surface area contributed by atoms with Crippen molar-refractivity contribution in [2.45, 2.75) is 43.7 Å². The van der Waals surface area contributed by atoms with Gasteiger partial charge in [0.25, 0.3) is 5.91 Å². The summed E-state index contributed by atoms with van der Waals surface area (Å²) in [6.45, 7) is 0.0498. The number of aryl methyl sites for hydroxylation is 1. The number of nitrogens with zero attached hydrogens (tertiary/aromatic N) is 3. The molecule has 164 valence electrons. The van der Waals surface area contributed by atoms with Crippen LogP contribution in [0.2, 0.25) is 0 Å². The number of rotatable bonds is 7. The Morgan fingerprint density at radius 3 is 2.58 bits per heavy atom. The van der Waals surface area contributed by atoms with Gasteiger partial charge < -0.3 is 19.9 Å². The second kappa shape index (κ2) is 8.41. The van der Waals surface area contributed by atoms with Gasteiger partial charge in [-0.25, -0.2) is 9.78 Å². The van der Waals surface area contributed by atoms with E-state index in [1.54, 1.807) is 13.3 Å². The average Bonchev–Trinajstić information content (AvgIpc) is 3.46. The number of imide groups is 1. The first-order chi connectivity index (χ1) is 14.9. The Kier molecular flexibility index (Phi) is 5.67. The molecular weight excluding hydrogens is 398 g/mol. The zero-order valence-electron chi connectivity index (χ0n) is 17.8. The monoisotopic (exact) mass is 425 g/mol. The lowest BCUT2D eigenvalue weighted by Gasteiger charge is -2.21. The Labute approximate surface area is 180 Å². The summed E-state index contributed by atoms with van der Waals surface area (Å²) in [6, 6.07) is 6.52. The molecule has 1 aromatic heterocycles. The maximum atomic E-state index is 12.8. The molecule has 1 saturated heterocycles. The lowest BCUT2D eigenvalue weighted by molar-refractivity contribution is -0.131. The van der Waals surface area contributed by atoms with Gasteiger partial charge in [-0.05, 0) is 30.5 Å². The highest BCUT2D eigenvalue weighted by atomic mass is 16.5. The van der Waals surface area contributed by atoms with Crippen molar-refractivity contribution in [2.24, 2.45) is 7.05 Å². The van der Waals surface area contributed by atoms with E-state index in [1.807, 2.05) is 42.1 Å². The summed E-state index contributed by atoms with van der Waals surface area (Å²) in [5.41, 5.74) is 0.0925. The number of hydrogen-bond acceptors (Lipinski definition) is 5. The fraction of sp³-hybridized carbons (Fsp3) is 0.455. The quantitative estimate of drug-likeness (QED) is 0.659. The number of carbonyl (C=O) groups excluding carboxylic acids is 3. The molecule has 0 bridgehead atoms. The van der Waals surface area contributed by atoms with Crippen molar-refractivity contribution in [1.82, 2.24) is 25.1 Å². The van der Waals surface area contributed by atoms with E-state index in [1.165, 1.54) is 4.90 Å². The molecule has 9 heteroatoms. The van der Waals surface area contributed by atoms with E-state index in [2.05, 4.69) is 15.6 Å². The van der Waals surface area contributed by atoms with Crippen LogP contribution in [0.15, 0.2) is 36.7 Å². The smallest absolute Gasteiger partial charge is 0.325 e. The second-order valence-corrected chi connectivity index (χ2v) is 8.10. The molecule has 2 aromatic rings. The molecule has 1 spiro atoms. The van der Waals surface area contributed by atoms with Crippen LogP contribution in [0.25, 0.3) is 0 Å². The van der Waals surface area contributed by atoms with Crippen molar-refractivity contribution >= 4 is 17.8 Å². The predicted molar refractivity (Wildman–Crippen MR) is 112 cm³/mol. The van der Waals surface area contributed by atoms with Crippen molar-refractivity contribution in [3.05, 3.63) is 48.0 Å². The van der Waals surface area contributed by atoms with Crippen LogP contribution in [0.3, 0.4) is 0 Å². The van der Waals surface area contributed by atoms with Crippen molar-refractivity contribution in [2.75, 3.05) is 13.7 Å². The van der Waals surface area contributed by atoms with Gasteiger partial charge in [0, 0.05) is 32.4 Å². The summed E-state index contributed by atoms with van der Waals surface area (Å²) in [7, 11) is 3.46. The zero-order valence-corrected chi connectivity index (χ0v) is 17.8. The Balaban J connectivity index is 1.45. The molecule has 1 aliphatic carbocycles. The first-order valence-electron chi connectivity index (χ1n) is 10.5. The van der Waals surface area contributed by atoms with Gasteiger partial charge in [-0.2, -0.15) is 0 Å². The summed E-state index contributed by atoms with van der Waals surface area (Å²) >= 11 is 0. The van der Waals surface area contributed by atoms with Gasteiger partial charge in [0.15, 0.2) is 0 Å². The molecule has 1 aliphatic heterocycles. The SMILES string of the molecule is COc1ccc([C@@H](NC(=O)CCN2C(=O)NC3(CCCC3)C2=O)c2nccn2C)cc1. The third-order valence-corrected chi connectivity index (χ3v) is 6.14. The standard InChI is InChI=1S/C22H27N5O4/c1-26-14-12-23-19(26)18(15-5-7-16(31-2)8-6-15)24-17(28)9-13-27-20(29)22(25-21(27)30)10-3-4-11-22/h5-8,12,14,18H,3-4,9-11,13H2,1-2H3,(H,24,28)(H,25,30)/t18-/m1/s1. The molecule has 2 heterocycles. The fourth-order valence-corrected chi connectivity index (χ4v) is 4.39. The van der Waals surface area contributed by atoms with Crippen LogP contribution in [0.5, 0.6) is 5.75 Å². The van der Waals surface area contributed by atoms with Gasteiger partial charge in [0.2, 0.25) is 5.91 Å². The number of ether oxygens (including phenoxy) is 1. The number of nitrogens with one attached hydrogen (secondary N) is 2. The number of aromatic nitrogens is 2. The number of benzene rings is 1. The van der Waals surface area contributed by atoms with Crippen LogP contribution in [-0.4, -0.2) is 51.5 Å². The maximum Gasteiger partial charge on any atom is 0.325 e. The van der Waals surface area contributed by atoms with Gasteiger partial charge >= 0.3 is 6.03 Å². The summed E-state index contributed by atoms with van der Waals surface area (Å²) in [6.07, 6.45) is 6.68. The summed E-state index contributed by atoms with van der Waals surface area (Å²) < 4.78 is 7.06. The zero-order chi connectivity index (χ0) is 22.0. The highest BCUT2D eigenvalue weighted by Crippen LogP contribution is 2.35. The number of carbonyl (C=O) groups is 3. The number of hydrogen-bond donors (Lipinski definition) is 2. The molecule has 0 unspecified atom stereocenters. The van der Waals surface area contributed by atoms with Gasteiger partial charge in [0.05, 0.1) is 7.11 Å². The fourth-order valence-electron chi connectivity index (χ4n) is 4.39. The molecule has 1 saturated carbocycles. The molecule has 9 nitrogen and oxygen atoms in total. The predicted octanol–water partition coefficient (Wildman–Crippen LogP) is 1.89. The van der Waals surface area contributed by atoms with E-state index in [0.29, 0.717) is 24.4 Å². The third kappa shape index (κ3) is 3.99. The van der Waals surface area contributed by atoms with Crippen molar-refractivity contribution in [3.63, 3.8) is 0 Å². The van der Waals surface area contributed by atoms with E-state index < -0.39 is 17.6 Å². The molecule has 31 heavy (non-hydrogen) atoms. The number of amides is 4. The number of imidazole rings is 1. The minimum absolute atomic E-state index is 0.0202. The highest BCUT2D eigenvalue weighted by molar-refractivity contribution is 6.07. The Hall–Kier alpha value is -3.36. The number of methoxy groups -OCH3 is 1. The molecule has 2 N–H and O–H groups in total. The Morgan fingerprint density at radius 2 is 1.97 bits per heavy atom. The molecule has 4 rings (SSSR count). The van der Waals surface area contributed by atoms with Crippen LogP contribution >= 0.6 is 0 Å². The topological polar surface area (TPSA) is 106 Å². The minimum atomic E-state index is -0.758. The van der Waals surface area contributed by atoms with E-state index in [0.717, 1.165) is 18.4 Å². The van der Waals surface area contributed by atoms with Crippen LogP contribution in [0, 0.1) is 0 Å². The first-order valence-corrected chi connectivity index (χ1v) is 10.5. The van der Waals surface area contributed by atoms with Crippen molar-refractivity contribution in [3.8, 4) is 5.75 Å². The first kappa shape index (κ1) is 20.9. The van der Waals surface area contributed by atoms with Crippen LogP contribution < -0.4 is 15.4 Å².